The van der Waals surface area contributed by atoms with Gasteiger partial charge in [-0.3, -0.25) is 0 Å². The fourth-order valence-electron chi connectivity index (χ4n) is 7.61. The van der Waals surface area contributed by atoms with Crippen molar-refractivity contribution in [2.75, 3.05) is 19.7 Å². The molecule has 9 heteroatoms. The molecule has 0 aromatic rings. The summed E-state index contributed by atoms with van der Waals surface area (Å²) in [5.74, 6) is 1.29. The molecule has 32 heavy (non-hydrogen) atoms. The number of aliphatic hydroxyl groups excluding tert-OH is 5. The first kappa shape index (κ1) is 23.4. The number of ether oxygens (including phenoxy) is 2. The van der Waals surface area contributed by atoms with Gasteiger partial charge in [-0.25, -0.2) is 0 Å². The minimum atomic E-state index is -1.44. The molecule has 2 saturated carbocycles. The third-order valence-corrected chi connectivity index (χ3v) is 9.26. The van der Waals surface area contributed by atoms with Gasteiger partial charge < -0.3 is 45.0 Å². The molecule has 6 N–H and O–H groups in total. The van der Waals surface area contributed by atoms with Gasteiger partial charge in [0.15, 0.2) is 6.29 Å². The summed E-state index contributed by atoms with van der Waals surface area (Å²) < 4.78 is 11.5. The molecule has 9 unspecified atom stereocenters. The number of nitrogens with one attached hydrogen (secondary N) is 1. The lowest BCUT2D eigenvalue weighted by atomic mass is 9.62. The second kappa shape index (κ2) is 9.36. The minimum Gasteiger partial charge on any atom is -0.848 e. The Morgan fingerprint density at radius 3 is 2.47 bits per heavy atom. The van der Waals surface area contributed by atoms with Gasteiger partial charge in [0.25, 0.3) is 0 Å². The third kappa shape index (κ3) is 4.14. The molecular formula is C23H39NO8. The van der Waals surface area contributed by atoms with E-state index in [0.717, 1.165) is 45.2 Å². The van der Waals surface area contributed by atoms with Crippen molar-refractivity contribution in [1.29, 1.82) is 0 Å². The number of aliphatic hydroxyl groups is 5. The highest BCUT2D eigenvalue weighted by molar-refractivity contribution is 4.97. The van der Waals surface area contributed by atoms with E-state index in [-0.39, 0.29) is 30.1 Å². The second-order valence-electron chi connectivity index (χ2n) is 11.0. The summed E-state index contributed by atoms with van der Waals surface area (Å²) in [6.07, 6.45) is -1.40. The smallest absolute Gasteiger partial charge is 0.186 e. The molecule has 14 atom stereocenters. The SMILES string of the molecule is [O-]C1C2CCC(O[C@H]3O[C@H](CO)[C@@H](O)[C@H](O)[C@H]3O)CC2C[NH+]2CCC3CCC(O)CC3C12. The van der Waals surface area contributed by atoms with Gasteiger partial charge in [0.1, 0.15) is 24.4 Å². The Labute approximate surface area is 188 Å². The summed E-state index contributed by atoms with van der Waals surface area (Å²) >= 11 is 0. The van der Waals surface area contributed by atoms with Gasteiger partial charge in [-0.15, -0.1) is 0 Å². The Morgan fingerprint density at radius 1 is 0.875 bits per heavy atom. The average molecular weight is 458 g/mol. The summed E-state index contributed by atoms with van der Waals surface area (Å²) in [6.45, 7) is 1.50. The van der Waals surface area contributed by atoms with E-state index in [4.69, 9.17) is 9.47 Å². The van der Waals surface area contributed by atoms with Gasteiger partial charge in [-0.1, -0.05) is 6.10 Å². The van der Waals surface area contributed by atoms with Crippen molar-refractivity contribution in [1.82, 2.24) is 0 Å². The van der Waals surface area contributed by atoms with Crippen LogP contribution in [0.1, 0.15) is 44.9 Å². The van der Waals surface area contributed by atoms with Crippen LogP contribution in [0.5, 0.6) is 0 Å². The normalized spacial score (nSPS) is 56.1. The molecule has 184 valence electrons. The first-order valence-electron chi connectivity index (χ1n) is 12.5. The first-order chi connectivity index (χ1) is 15.4. The number of piperidine rings is 2. The van der Waals surface area contributed by atoms with Crippen LogP contribution in [0, 0.1) is 23.7 Å². The van der Waals surface area contributed by atoms with Gasteiger partial charge in [0.05, 0.1) is 37.9 Å². The van der Waals surface area contributed by atoms with Gasteiger partial charge in [0.2, 0.25) is 0 Å². The Balaban J connectivity index is 1.23. The van der Waals surface area contributed by atoms with E-state index in [1.165, 1.54) is 4.90 Å². The van der Waals surface area contributed by atoms with Gasteiger partial charge in [-0.2, -0.15) is 0 Å². The van der Waals surface area contributed by atoms with Crippen molar-refractivity contribution in [2.24, 2.45) is 23.7 Å². The molecule has 0 aromatic heterocycles. The molecule has 3 heterocycles. The van der Waals surface area contributed by atoms with E-state index in [2.05, 4.69) is 0 Å². The number of rotatable bonds is 3. The van der Waals surface area contributed by atoms with E-state index in [9.17, 15) is 30.6 Å². The quantitative estimate of drug-likeness (QED) is 0.259. The Kier molecular flexibility index (Phi) is 6.84. The number of hydrogen-bond acceptors (Lipinski definition) is 8. The molecule has 0 amide bonds. The molecule has 3 saturated heterocycles. The summed E-state index contributed by atoms with van der Waals surface area (Å²) in [5, 5.41) is 63.6. The second-order valence-corrected chi connectivity index (χ2v) is 11.0. The zero-order valence-electron chi connectivity index (χ0n) is 18.5. The van der Waals surface area contributed by atoms with Gasteiger partial charge in [0, 0.05) is 11.8 Å². The van der Waals surface area contributed by atoms with E-state index in [1.807, 2.05) is 0 Å². The molecular weight excluding hydrogens is 418 g/mol. The van der Waals surface area contributed by atoms with E-state index >= 15 is 0 Å². The molecule has 9 nitrogen and oxygen atoms in total. The summed E-state index contributed by atoms with van der Waals surface area (Å²) in [6, 6.07) is 0.105. The van der Waals surface area contributed by atoms with Crippen LogP contribution in [0.4, 0.5) is 0 Å². The highest BCUT2D eigenvalue weighted by Gasteiger charge is 2.52. The Hall–Kier alpha value is -0.360. The predicted octanol–water partition coefficient (Wildman–Crippen LogP) is -3.24. The number of hydrogen-bond donors (Lipinski definition) is 6. The molecule has 3 aliphatic heterocycles. The van der Waals surface area contributed by atoms with Crippen LogP contribution in [-0.4, -0.2) is 100 Å². The van der Waals surface area contributed by atoms with Crippen molar-refractivity contribution < 1.29 is 45.0 Å². The van der Waals surface area contributed by atoms with Crippen LogP contribution < -0.4 is 10.0 Å². The molecule has 0 aromatic carbocycles. The minimum absolute atomic E-state index is 0.105. The van der Waals surface area contributed by atoms with Crippen molar-refractivity contribution in [2.45, 2.75) is 100 Å². The van der Waals surface area contributed by atoms with Gasteiger partial charge >= 0.3 is 0 Å². The third-order valence-electron chi connectivity index (χ3n) is 9.26. The van der Waals surface area contributed by atoms with Crippen molar-refractivity contribution in [3.63, 3.8) is 0 Å². The van der Waals surface area contributed by atoms with Crippen LogP contribution in [0.2, 0.25) is 0 Å². The molecule has 0 spiro atoms. The van der Waals surface area contributed by atoms with Crippen LogP contribution in [-0.2, 0) is 9.47 Å². The standard InChI is InChI=1S/C23H38NO8/c25-10-17-20(28)21(29)22(30)23(32-17)31-14-3-4-15-12(7-14)9-24-6-5-11-1-2-13(26)8-16(11)18(24)19(15)27/h11-23,25-26,28-30H,1-10H2/q-1/p+1/t11?,12?,13?,14?,15?,16?,17-,18?,19?,20-,21+,22-,23+/m1/s1. The molecule has 0 radical (unpaired) electrons. The summed E-state index contributed by atoms with van der Waals surface area (Å²) in [7, 11) is 0. The topological polar surface area (TPSA) is 147 Å². The van der Waals surface area contributed by atoms with Crippen molar-refractivity contribution in [3.8, 4) is 0 Å². The maximum Gasteiger partial charge on any atom is 0.186 e. The van der Waals surface area contributed by atoms with Crippen molar-refractivity contribution >= 4 is 0 Å². The largest absolute Gasteiger partial charge is 0.848 e. The van der Waals surface area contributed by atoms with Gasteiger partial charge in [-0.05, 0) is 56.8 Å². The van der Waals surface area contributed by atoms with Crippen LogP contribution in [0.15, 0.2) is 0 Å². The average Bonchev–Trinajstić information content (AvgIpc) is 2.79. The first-order valence-corrected chi connectivity index (χ1v) is 12.5. The fraction of sp³-hybridized carbons (Fsp3) is 1.00. The lowest BCUT2D eigenvalue weighted by molar-refractivity contribution is -0.959. The highest BCUT2D eigenvalue weighted by Crippen LogP contribution is 2.42. The maximum atomic E-state index is 13.7. The molecule has 5 fully saturated rings. The number of quaternary nitrogens is 1. The summed E-state index contributed by atoms with van der Waals surface area (Å²) in [5.41, 5.74) is 0. The lowest BCUT2D eigenvalue weighted by Crippen LogP contribution is -3.22. The highest BCUT2D eigenvalue weighted by atomic mass is 16.7. The summed E-state index contributed by atoms with van der Waals surface area (Å²) in [4.78, 5) is 1.40. The zero-order valence-corrected chi connectivity index (χ0v) is 18.5. The molecule has 0 bridgehead atoms. The number of fused-ring (bicyclic) bond motifs is 4. The lowest BCUT2D eigenvalue weighted by Gasteiger charge is -2.59. The fourth-order valence-corrected chi connectivity index (χ4v) is 7.61. The maximum absolute atomic E-state index is 13.7. The monoisotopic (exact) mass is 457 g/mol. The van der Waals surface area contributed by atoms with Crippen LogP contribution in [0.25, 0.3) is 0 Å². The predicted molar refractivity (Wildman–Crippen MR) is 109 cm³/mol. The zero-order chi connectivity index (χ0) is 22.6. The van der Waals surface area contributed by atoms with Crippen LogP contribution in [0.3, 0.4) is 0 Å². The molecule has 5 rings (SSSR count). The Morgan fingerprint density at radius 2 is 1.69 bits per heavy atom. The van der Waals surface area contributed by atoms with Crippen LogP contribution >= 0.6 is 0 Å². The van der Waals surface area contributed by atoms with E-state index in [1.54, 1.807) is 0 Å². The molecule has 2 aliphatic carbocycles. The van der Waals surface area contributed by atoms with E-state index < -0.39 is 43.4 Å². The molecule has 5 aliphatic rings. The van der Waals surface area contributed by atoms with Crippen molar-refractivity contribution in [3.05, 3.63) is 0 Å². The van der Waals surface area contributed by atoms with E-state index in [0.29, 0.717) is 24.7 Å². The Bertz CT molecular complexity index is 651.